The van der Waals surface area contributed by atoms with Crippen molar-refractivity contribution in [1.29, 1.82) is 0 Å². The van der Waals surface area contributed by atoms with Gasteiger partial charge in [-0.1, -0.05) is 31.9 Å². The van der Waals surface area contributed by atoms with Gasteiger partial charge in [0.05, 0.1) is 0 Å². The van der Waals surface area contributed by atoms with Crippen LogP contribution in [0.5, 0.6) is 0 Å². The predicted molar refractivity (Wildman–Crippen MR) is 52.8 cm³/mol. The van der Waals surface area contributed by atoms with Crippen LogP contribution >= 0.6 is 0 Å². The molecule has 0 N–H and O–H groups in total. The molecule has 1 radical (unpaired) electrons. The lowest BCUT2D eigenvalue weighted by Gasteiger charge is -1.94. The number of allylic oxidation sites excluding steroid dienone is 2. The molecule has 0 aromatic heterocycles. The van der Waals surface area contributed by atoms with Crippen molar-refractivity contribution in [2.45, 2.75) is 51.9 Å². The van der Waals surface area contributed by atoms with Gasteiger partial charge >= 0.3 is 0 Å². The fourth-order valence-corrected chi connectivity index (χ4v) is 1.10. The second kappa shape index (κ2) is 10.4. The molecule has 0 saturated carbocycles. The summed E-state index contributed by atoms with van der Waals surface area (Å²) >= 11 is 0. The fraction of sp³-hybridized carbons (Fsp3) is 0.727. The molecule has 0 amide bonds. The minimum Gasteiger partial charge on any atom is -0.291 e. The van der Waals surface area contributed by atoms with Crippen LogP contribution in [0.2, 0.25) is 0 Å². The van der Waals surface area contributed by atoms with Gasteiger partial charge in [-0.05, 0) is 25.7 Å². The first-order chi connectivity index (χ1) is 5.91. The van der Waals surface area contributed by atoms with E-state index in [-0.39, 0.29) is 0 Å². The number of unbranched alkanes of at least 4 members (excludes halogenated alkanes) is 5. The Kier molecular flexibility index (Phi) is 9.90. The standard InChI is InChI=1S/C11H19O/c1-2-3-4-5-6-7-8-9-10-11-12/h3-4H,2,5-10H2,1H3/b4-3+. The van der Waals surface area contributed by atoms with E-state index in [0.29, 0.717) is 6.42 Å². The van der Waals surface area contributed by atoms with Crippen LogP contribution in [0.25, 0.3) is 0 Å². The van der Waals surface area contributed by atoms with Gasteiger partial charge in [0.1, 0.15) is 0 Å². The Morgan fingerprint density at radius 3 is 2.50 bits per heavy atom. The molecule has 1 nitrogen and oxygen atoms in total. The first-order valence-electron chi connectivity index (χ1n) is 4.91. The van der Waals surface area contributed by atoms with Gasteiger partial charge in [0, 0.05) is 6.42 Å². The SMILES string of the molecule is CC/C=C/CCCCCC[C]=O. The van der Waals surface area contributed by atoms with E-state index < -0.39 is 0 Å². The second-order valence-corrected chi connectivity index (χ2v) is 2.98. The summed E-state index contributed by atoms with van der Waals surface area (Å²) in [5, 5.41) is 0. The zero-order valence-corrected chi connectivity index (χ0v) is 8.01. The Bertz CT molecular complexity index is 116. The Morgan fingerprint density at radius 1 is 1.08 bits per heavy atom. The van der Waals surface area contributed by atoms with Crippen LogP contribution < -0.4 is 0 Å². The lowest BCUT2D eigenvalue weighted by Crippen LogP contribution is -1.78. The lowest BCUT2D eigenvalue weighted by atomic mass is 10.1. The maximum Gasteiger partial charge on any atom is 0.198 e. The third-order valence-corrected chi connectivity index (χ3v) is 1.80. The average molecular weight is 167 g/mol. The van der Waals surface area contributed by atoms with Gasteiger partial charge in [-0.25, -0.2) is 0 Å². The highest BCUT2D eigenvalue weighted by Crippen LogP contribution is 2.04. The highest BCUT2D eigenvalue weighted by atomic mass is 16.1. The molecule has 0 aliphatic carbocycles. The van der Waals surface area contributed by atoms with Crippen molar-refractivity contribution in [3.8, 4) is 0 Å². The second-order valence-electron chi connectivity index (χ2n) is 2.98. The first-order valence-corrected chi connectivity index (χ1v) is 4.91. The van der Waals surface area contributed by atoms with Crippen molar-refractivity contribution in [2.24, 2.45) is 0 Å². The molecule has 0 aromatic rings. The zero-order valence-electron chi connectivity index (χ0n) is 8.01. The van der Waals surface area contributed by atoms with Crippen molar-refractivity contribution in [3.05, 3.63) is 12.2 Å². The maximum absolute atomic E-state index is 9.84. The van der Waals surface area contributed by atoms with E-state index >= 15 is 0 Å². The molecule has 0 bridgehead atoms. The van der Waals surface area contributed by atoms with E-state index in [4.69, 9.17) is 0 Å². The number of rotatable bonds is 8. The van der Waals surface area contributed by atoms with Crippen LogP contribution in [-0.2, 0) is 4.79 Å². The Balaban J connectivity index is 2.90. The van der Waals surface area contributed by atoms with Gasteiger partial charge in [0.15, 0.2) is 6.29 Å². The van der Waals surface area contributed by atoms with E-state index in [2.05, 4.69) is 19.1 Å². The van der Waals surface area contributed by atoms with E-state index in [1.165, 1.54) is 25.7 Å². The summed E-state index contributed by atoms with van der Waals surface area (Å²) in [4.78, 5) is 9.84. The topological polar surface area (TPSA) is 17.1 Å². The van der Waals surface area contributed by atoms with Crippen LogP contribution in [0.1, 0.15) is 51.9 Å². The van der Waals surface area contributed by atoms with Crippen molar-refractivity contribution in [3.63, 3.8) is 0 Å². The van der Waals surface area contributed by atoms with Crippen molar-refractivity contribution in [2.75, 3.05) is 0 Å². The molecule has 0 aromatic carbocycles. The molecule has 0 saturated heterocycles. The smallest absolute Gasteiger partial charge is 0.198 e. The van der Waals surface area contributed by atoms with Gasteiger partial charge in [-0.2, -0.15) is 0 Å². The highest BCUT2D eigenvalue weighted by molar-refractivity contribution is 5.50. The molecular weight excluding hydrogens is 148 g/mol. The predicted octanol–water partition coefficient (Wildman–Crippen LogP) is 3.40. The summed E-state index contributed by atoms with van der Waals surface area (Å²) in [5.41, 5.74) is 0. The monoisotopic (exact) mass is 167 g/mol. The summed E-state index contributed by atoms with van der Waals surface area (Å²) in [6, 6.07) is 0. The molecule has 0 aliphatic heterocycles. The minimum atomic E-state index is 0.616. The van der Waals surface area contributed by atoms with Crippen molar-refractivity contribution < 1.29 is 4.79 Å². The average Bonchev–Trinajstić information content (AvgIpc) is 2.10. The number of hydrogen-bond acceptors (Lipinski definition) is 1. The largest absolute Gasteiger partial charge is 0.291 e. The first kappa shape index (κ1) is 11.4. The molecule has 69 valence electrons. The molecule has 0 heterocycles. The summed E-state index contributed by atoms with van der Waals surface area (Å²) in [5.74, 6) is 0. The van der Waals surface area contributed by atoms with Crippen LogP contribution in [0, 0.1) is 0 Å². The van der Waals surface area contributed by atoms with Gasteiger partial charge < -0.3 is 0 Å². The zero-order chi connectivity index (χ0) is 9.07. The van der Waals surface area contributed by atoms with Crippen LogP contribution in [0.15, 0.2) is 12.2 Å². The highest BCUT2D eigenvalue weighted by Gasteiger charge is 1.87. The van der Waals surface area contributed by atoms with E-state index in [0.717, 1.165) is 12.8 Å². The molecule has 1 heteroatoms. The third kappa shape index (κ3) is 9.41. The Labute approximate surface area is 75.9 Å². The summed E-state index contributed by atoms with van der Waals surface area (Å²) in [6.45, 7) is 2.15. The maximum atomic E-state index is 9.84. The van der Waals surface area contributed by atoms with Gasteiger partial charge in [0.2, 0.25) is 0 Å². The van der Waals surface area contributed by atoms with Crippen LogP contribution in [0.3, 0.4) is 0 Å². The Hall–Kier alpha value is -0.590. The van der Waals surface area contributed by atoms with Gasteiger partial charge in [0.25, 0.3) is 0 Å². The van der Waals surface area contributed by atoms with Crippen LogP contribution in [0.4, 0.5) is 0 Å². The molecule has 0 unspecified atom stereocenters. The molecule has 12 heavy (non-hydrogen) atoms. The quantitative estimate of drug-likeness (QED) is 0.400. The molecule has 0 fully saturated rings. The molecule has 0 atom stereocenters. The minimum absolute atomic E-state index is 0.616. The van der Waals surface area contributed by atoms with Crippen LogP contribution in [-0.4, -0.2) is 6.29 Å². The van der Waals surface area contributed by atoms with E-state index in [1.807, 2.05) is 6.29 Å². The molecule has 0 rings (SSSR count). The Morgan fingerprint density at radius 2 is 1.83 bits per heavy atom. The molecule has 0 spiro atoms. The summed E-state index contributed by atoms with van der Waals surface area (Å²) < 4.78 is 0. The van der Waals surface area contributed by atoms with Crippen molar-refractivity contribution in [1.82, 2.24) is 0 Å². The molecule has 0 aliphatic rings. The summed E-state index contributed by atoms with van der Waals surface area (Å²) in [7, 11) is 0. The number of carbonyl (C=O) groups excluding carboxylic acids is 1. The van der Waals surface area contributed by atoms with E-state index in [1.54, 1.807) is 0 Å². The van der Waals surface area contributed by atoms with Gasteiger partial charge in [-0.15, -0.1) is 0 Å². The van der Waals surface area contributed by atoms with Gasteiger partial charge in [-0.3, -0.25) is 4.79 Å². The normalized spacial score (nSPS) is 10.8. The van der Waals surface area contributed by atoms with E-state index in [9.17, 15) is 4.79 Å². The lowest BCUT2D eigenvalue weighted by molar-refractivity contribution is 0.544. The fourth-order valence-electron chi connectivity index (χ4n) is 1.10. The number of hydrogen-bond donors (Lipinski definition) is 0. The van der Waals surface area contributed by atoms with Crippen molar-refractivity contribution >= 4 is 6.29 Å². The molecular formula is C11H19O. The summed E-state index contributed by atoms with van der Waals surface area (Å²) in [6.07, 6.45) is 14.0. The third-order valence-electron chi connectivity index (χ3n) is 1.80.